The fraction of sp³-hybridized carbons (Fsp3) is 0.136. The first-order chi connectivity index (χ1) is 13.0. The molecule has 0 saturated heterocycles. The third kappa shape index (κ3) is 6.08. The Kier molecular flexibility index (Phi) is 6.04. The molecule has 3 rings (SSSR count). The van der Waals surface area contributed by atoms with Crippen molar-refractivity contribution in [2.75, 3.05) is 4.72 Å². The Hall–Kier alpha value is -2.92. The number of nitrogens with zero attached hydrogens (tertiary/aromatic N) is 1. The van der Waals surface area contributed by atoms with Crippen LogP contribution in [-0.4, -0.2) is 13.4 Å². The van der Waals surface area contributed by atoms with E-state index < -0.39 is 10.0 Å². The van der Waals surface area contributed by atoms with E-state index in [1.807, 2.05) is 67.6 Å². The predicted octanol–water partition coefficient (Wildman–Crippen LogP) is 4.59. The van der Waals surface area contributed by atoms with E-state index in [-0.39, 0.29) is 0 Å². The van der Waals surface area contributed by atoms with Crippen molar-refractivity contribution in [2.45, 2.75) is 19.8 Å². The number of pyridine rings is 1. The zero-order chi connectivity index (χ0) is 19.1. The average Bonchev–Trinajstić information content (AvgIpc) is 2.67. The van der Waals surface area contributed by atoms with Gasteiger partial charge in [-0.1, -0.05) is 48.0 Å². The molecule has 0 saturated carbocycles. The van der Waals surface area contributed by atoms with Crippen molar-refractivity contribution in [1.82, 2.24) is 4.98 Å². The standard InChI is InChI=1S/C22H22N2O2S/c1-18-8-10-19(11-9-18)14-16-27(25,26)24-22-7-4-5-20(17-22)12-13-21-6-2-3-15-23-21/h2-11,14-17,24H,12-13H2,1H3. The molecule has 0 atom stereocenters. The van der Waals surface area contributed by atoms with Crippen LogP contribution in [0.15, 0.2) is 78.3 Å². The number of hydrogen-bond acceptors (Lipinski definition) is 3. The van der Waals surface area contributed by atoms with Gasteiger partial charge in [0.15, 0.2) is 0 Å². The Labute approximate surface area is 160 Å². The van der Waals surface area contributed by atoms with E-state index in [1.165, 1.54) is 5.41 Å². The third-order valence-corrected chi connectivity index (χ3v) is 5.11. The molecule has 138 valence electrons. The van der Waals surface area contributed by atoms with E-state index in [9.17, 15) is 8.42 Å². The van der Waals surface area contributed by atoms with Gasteiger partial charge in [0.2, 0.25) is 0 Å². The molecule has 3 aromatic rings. The smallest absolute Gasteiger partial charge is 0.255 e. The lowest BCUT2D eigenvalue weighted by molar-refractivity contribution is 0.609. The first-order valence-corrected chi connectivity index (χ1v) is 10.3. The predicted molar refractivity (Wildman–Crippen MR) is 111 cm³/mol. The van der Waals surface area contributed by atoms with Gasteiger partial charge in [-0.25, -0.2) is 8.42 Å². The first kappa shape index (κ1) is 18.9. The maximum Gasteiger partial charge on any atom is 0.255 e. The Morgan fingerprint density at radius 2 is 1.78 bits per heavy atom. The average molecular weight is 378 g/mol. The summed E-state index contributed by atoms with van der Waals surface area (Å²) < 4.78 is 27.3. The van der Waals surface area contributed by atoms with Crippen molar-refractivity contribution in [1.29, 1.82) is 0 Å². The van der Waals surface area contributed by atoms with Crippen LogP contribution in [0.25, 0.3) is 6.08 Å². The Morgan fingerprint density at radius 1 is 0.963 bits per heavy atom. The molecule has 0 radical (unpaired) electrons. The minimum atomic E-state index is -3.57. The van der Waals surface area contributed by atoms with Crippen molar-refractivity contribution in [3.05, 3.63) is 101 Å². The summed E-state index contributed by atoms with van der Waals surface area (Å²) in [5.74, 6) is 0. The molecular formula is C22H22N2O2S. The second-order valence-corrected chi connectivity index (χ2v) is 7.95. The molecule has 2 aromatic carbocycles. The lowest BCUT2D eigenvalue weighted by Gasteiger charge is -2.07. The molecule has 0 spiro atoms. The lowest BCUT2D eigenvalue weighted by Crippen LogP contribution is -2.09. The van der Waals surface area contributed by atoms with Gasteiger partial charge in [-0.05, 0) is 61.2 Å². The second-order valence-electron chi connectivity index (χ2n) is 6.38. The number of nitrogens with one attached hydrogen (secondary N) is 1. The zero-order valence-electron chi connectivity index (χ0n) is 15.2. The topological polar surface area (TPSA) is 59.1 Å². The molecule has 0 unspecified atom stereocenters. The molecule has 1 N–H and O–H groups in total. The number of aryl methyl sites for hydroxylation is 3. The molecular weight excluding hydrogens is 356 g/mol. The number of benzene rings is 2. The van der Waals surface area contributed by atoms with E-state index in [0.29, 0.717) is 5.69 Å². The summed E-state index contributed by atoms with van der Waals surface area (Å²) in [6.07, 6.45) is 4.98. The quantitative estimate of drug-likeness (QED) is 0.654. The van der Waals surface area contributed by atoms with Crippen LogP contribution in [0.3, 0.4) is 0 Å². The number of hydrogen-bond donors (Lipinski definition) is 1. The summed E-state index contributed by atoms with van der Waals surface area (Å²) in [6, 6.07) is 21.0. The SMILES string of the molecule is Cc1ccc(C=CS(=O)(=O)Nc2cccc(CCc3ccccn3)c2)cc1. The Bertz CT molecular complexity index is 1010. The maximum atomic E-state index is 12.3. The molecule has 0 fully saturated rings. The van der Waals surface area contributed by atoms with Crippen molar-refractivity contribution < 1.29 is 8.42 Å². The molecule has 0 aliphatic rings. The van der Waals surface area contributed by atoms with Gasteiger partial charge >= 0.3 is 0 Å². The number of rotatable bonds is 7. The van der Waals surface area contributed by atoms with E-state index in [4.69, 9.17) is 0 Å². The van der Waals surface area contributed by atoms with Crippen molar-refractivity contribution in [3.8, 4) is 0 Å². The van der Waals surface area contributed by atoms with Gasteiger partial charge in [-0.2, -0.15) is 0 Å². The van der Waals surface area contributed by atoms with Crippen LogP contribution < -0.4 is 4.72 Å². The third-order valence-electron chi connectivity index (χ3n) is 4.10. The molecule has 1 aromatic heterocycles. The second kappa shape index (κ2) is 8.64. The normalized spacial score (nSPS) is 11.6. The van der Waals surface area contributed by atoms with Crippen LogP contribution in [0, 0.1) is 6.92 Å². The Balaban J connectivity index is 1.64. The van der Waals surface area contributed by atoms with Crippen LogP contribution in [0.5, 0.6) is 0 Å². The summed E-state index contributed by atoms with van der Waals surface area (Å²) in [6.45, 7) is 1.99. The van der Waals surface area contributed by atoms with Gasteiger partial charge in [-0.15, -0.1) is 0 Å². The first-order valence-electron chi connectivity index (χ1n) is 8.77. The van der Waals surface area contributed by atoms with Crippen LogP contribution in [0.1, 0.15) is 22.4 Å². The van der Waals surface area contributed by atoms with Crippen LogP contribution in [-0.2, 0) is 22.9 Å². The highest BCUT2D eigenvalue weighted by Crippen LogP contribution is 2.15. The van der Waals surface area contributed by atoms with Crippen molar-refractivity contribution in [2.24, 2.45) is 0 Å². The van der Waals surface area contributed by atoms with Gasteiger partial charge < -0.3 is 0 Å². The largest absolute Gasteiger partial charge is 0.280 e. The van der Waals surface area contributed by atoms with Crippen LogP contribution in [0.2, 0.25) is 0 Å². The lowest BCUT2D eigenvalue weighted by atomic mass is 10.1. The van der Waals surface area contributed by atoms with Crippen molar-refractivity contribution in [3.63, 3.8) is 0 Å². The van der Waals surface area contributed by atoms with Crippen LogP contribution >= 0.6 is 0 Å². The highest BCUT2D eigenvalue weighted by atomic mass is 32.2. The van der Waals surface area contributed by atoms with E-state index in [2.05, 4.69) is 9.71 Å². The molecule has 27 heavy (non-hydrogen) atoms. The fourth-order valence-corrected chi connectivity index (χ4v) is 3.51. The maximum absolute atomic E-state index is 12.3. The molecule has 1 heterocycles. The Morgan fingerprint density at radius 3 is 2.52 bits per heavy atom. The summed E-state index contributed by atoms with van der Waals surface area (Å²) in [5, 5.41) is 1.19. The van der Waals surface area contributed by atoms with Gasteiger partial charge in [0.1, 0.15) is 0 Å². The number of sulfonamides is 1. The summed E-state index contributed by atoms with van der Waals surface area (Å²) in [4.78, 5) is 4.31. The fourth-order valence-electron chi connectivity index (χ4n) is 2.65. The summed E-state index contributed by atoms with van der Waals surface area (Å²) >= 11 is 0. The molecule has 4 nitrogen and oxygen atoms in total. The van der Waals surface area contributed by atoms with Crippen molar-refractivity contribution >= 4 is 21.8 Å². The summed E-state index contributed by atoms with van der Waals surface area (Å²) in [5.41, 5.74) is 4.61. The van der Waals surface area contributed by atoms with Gasteiger partial charge in [0.25, 0.3) is 10.0 Å². The molecule has 0 bridgehead atoms. The minimum Gasteiger partial charge on any atom is -0.280 e. The molecule has 5 heteroatoms. The monoisotopic (exact) mass is 378 g/mol. The highest BCUT2D eigenvalue weighted by molar-refractivity contribution is 7.95. The summed E-state index contributed by atoms with van der Waals surface area (Å²) in [7, 11) is -3.57. The molecule has 0 aliphatic carbocycles. The van der Waals surface area contributed by atoms with E-state index in [1.54, 1.807) is 18.3 Å². The zero-order valence-corrected chi connectivity index (χ0v) is 16.0. The van der Waals surface area contributed by atoms with E-state index >= 15 is 0 Å². The molecule has 0 aliphatic heterocycles. The number of aromatic nitrogens is 1. The highest BCUT2D eigenvalue weighted by Gasteiger charge is 2.06. The van der Waals surface area contributed by atoms with Gasteiger partial charge in [0, 0.05) is 17.6 Å². The molecule has 0 amide bonds. The minimum absolute atomic E-state index is 0.557. The van der Waals surface area contributed by atoms with Gasteiger partial charge in [0.05, 0.1) is 5.41 Å². The van der Waals surface area contributed by atoms with Crippen LogP contribution in [0.4, 0.5) is 5.69 Å². The van der Waals surface area contributed by atoms with E-state index in [0.717, 1.165) is 35.2 Å². The van der Waals surface area contributed by atoms with Gasteiger partial charge in [-0.3, -0.25) is 9.71 Å². The number of anilines is 1.